The van der Waals surface area contributed by atoms with Crippen molar-refractivity contribution in [1.29, 1.82) is 0 Å². The van der Waals surface area contributed by atoms with Gasteiger partial charge in [0.1, 0.15) is 0 Å². The molecule has 0 aromatic heterocycles. The molecular weight excluding hydrogens is 208 g/mol. The summed E-state index contributed by atoms with van der Waals surface area (Å²) >= 11 is 0. The largest absolute Gasteiger partial charge is 0.370 e. The Balaban J connectivity index is 2.20. The van der Waals surface area contributed by atoms with E-state index < -0.39 is 0 Å². The maximum atomic E-state index is 3.58. The van der Waals surface area contributed by atoms with Gasteiger partial charge >= 0.3 is 0 Å². The van der Waals surface area contributed by atoms with Crippen LogP contribution in [0.1, 0.15) is 30.9 Å². The van der Waals surface area contributed by atoms with Gasteiger partial charge in [-0.1, -0.05) is 12.1 Å². The van der Waals surface area contributed by atoms with Gasteiger partial charge < -0.3 is 10.2 Å². The molecule has 17 heavy (non-hydrogen) atoms. The zero-order valence-electron chi connectivity index (χ0n) is 11.3. The van der Waals surface area contributed by atoms with Gasteiger partial charge in [-0.15, -0.1) is 0 Å². The summed E-state index contributed by atoms with van der Waals surface area (Å²) in [6.45, 7) is 10.1. The molecule has 0 saturated carbocycles. The minimum Gasteiger partial charge on any atom is -0.370 e. The highest BCUT2D eigenvalue weighted by Gasteiger charge is 2.14. The van der Waals surface area contributed by atoms with Gasteiger partial charge in [0, 0.05) is 24.8 Å². The maximum Gasteiger partial charge on any atom is 0.0399 e. The molecule has 2 heteroatoms. The zero-order chi connectivity index (χ0) is 12.3. The molecule has 1 saturated heterocycles. The van der Waals surface area contributed by atoms with E-state index in [9.17, 15) is 0 Å². The number of nitrogens with zero attached hydrogens (tertiary/aromatic N) is 1. The molecule has 1 aliphatic rings. The zero-order valence-corrected chi connectivity index (χ0v) is 11.3. The molecule has 0 spiro atoms. The van der Waals surface area contributed by atoms with Crippen LogP contribution in [0, 0.1) is 13.8 Å². The summed E-state index contributed by atoms with van der Waals surface area (Å²) in [4.78, 5) is 2.54. The third kappa shape index (κ3) is 3.22. The van der Waals surface area contributed by atoms with Crippen LogP contribution in [0.25, 0.3) is 0 Å². The van der Waals surface area contributed by atoms with Crippen molar-refractivity contribution in [3.8, 4) is 0 Å². The summed E-state index contributed by atoms with van der Waals surface area (Å²) in [5.74, 6) is 0. The number of aryl methyl sites for hydroxylation is 2. The molecular formula is C15H24N2. The van der Waals surface area contributed by atoms with Crippen LogP contribution >= 0.6 is 0 Å². The summed E-state index contributed by atoms with van der Waals surface area (Å²) in [5.41, 5.74) is 4.16. The molecule has 0 radical (unpaired) electrons. The van der Waals surface area contributed by atoms with Crippen molar-refractivity contribution in [2.24, 2.45) is 0 Å². The lowest BCUT2D eigenvalue weighted by Gasteiger charge is -2.32. The van der Waals surface area contributed by atoms with Gasteiger partial charge in [0.2, 0.25) is 0 Å². The van der Waals surface area contributed by atoms with Gasteiger partial charge in [-0.25, -0.2) is 0 Å². The Bertz CT molecular complexity index is 373. The molecule has 1 fully saturated rings. The van der Waals surface area contributed by atoms with Crippen molar-refractivity contribution in [3.05, 3.63) is 29.3 Å². The molecule has 0 amide bonds. The molecule has 2 nitrogen and oxygen atoms in total. The van der Waals surface area contributed by atoms with E-state index in [0.717, 1.165) is 6.54 Å². The Labute approximate surface area is 105 Å². The summed E-state index contributed by atoms with van der Waals surface area (Å²) in [6, 6.07) is 7.34. The molecule has 1 aromatic rings. The van der Waals surface area contributed by atoms with E-state index in [-0.39, 0.29) is 0 Å². The summed E-state index contributed by atoms with van der Waals surface area (Å²) in [7, 11) is 0. The molecule has 0 bridgehead atoms. The minimum atomic E-state index is 0.579. The third-order valence-electron chi connectivity index (χ3n) is 3.55. The number of hydrogen-bond acceptors (Lipinski definition) is 2. The van der Waals surface area contributed by atoms with Crippen LogP contribution in [0.3, 0.4) is 0 Å². The second-order valence-electron chi connectivity index (χ2n) is 5.30. The van der Waals surface area contributed by atoms with Crippen LogP contribution in [0.4, 0.5) is 5.69 Å². The monoisotopic (exact) mass is 232 g/mol. The van der Waals surface area contributed by atoms with Crippen molar-refractivity contribution in [2.45, 2.75) is 39.7 Å². The Hall–Kier alpha value is -1.02. The van der Waals surface area contributed by atoms with E-state index in [0.29, 0.717) is 6.04 Å². The highest BCUT2D eigenvalue weighted by molar-refractivity contribution is 5.55. The number of benzene rings is 1. The molecule has 1 aliphatic heterocycles. The Morgan fingerprint density at radius 2 is 2.06 bits per heavy atom. The lowest BCUT2D eigenvalue weighted by Crippen LogP contribution is -2.42. The average Bonchev–Trinajstić information content (AvgIpc) is 2.27. The van der Waals surface area contributed by atoms with Gasteiger partial charge in [-0.3, -0.25) is 0 Å². The molecule has 1 atom stereocenters. The van der Waals surface area contributed by atoms with Crippen molar-refractivity contribution in [2.75, 3.05) is 24.5 Å². The first-order valence-electron chi connectivity index (χ1n) is 6.72. The van der Waals surface area contributed by atoms with E-state index in [1.54, 1.807) is 0 Å². The van der Waals surface area contributed by atoms with Gasteiger partial charge in [0.05, 0.1) is 0 Å². The highest BCUT2D eigenvalue weighted by atomic mass is 15.2. The molecule has 1 N–H and O–H groups in total. The lowest BCUT2D eigenvalue weighted by molar-refractivity contribution is 0.485. The fourth-order valence-corrected chi connectivity index (χ4v) is 2.54. The number of nitrogens with one attached hydrogen (secondary N) is 1. The van der Waals surface area contributed by atoms with E-state index >= 15 is 0 Å². The van der Waals surface area contributed by atoms with Crippen molar-refractivity contribution < 1.29 is 0 Å². The molecule has 1 heterocycles. The predicted molar refractivity (Wildman–Crippen MR) is 74.8 cm³/mol. The lowest BCUT2D eigenvalue weighted by atomic mass is 10.1. The SMILES string of the molecule is Cc1ccc(C)c(N2CCCCNC(C)C2)c1. The topological polar surface area (TPSA) is 15.3 Å². The quantitative estimate of drug-likeness (QED) is 0.801. The summed E-state index contributed by atoms with van der Waals surface area (Å²) in [6.07, 6.45) is 2.57. The van der Waals surface area contributed by atoms with Crippen molar-refractivity contribution in [1.82, 2.24) is 5.32 Å². The normalized spacial score (nSPS) is 22.1. The van der Waals surface area contributed by atoms with Crippen LogP contribution in [0.5, 0.6) is 0 Å². The standard InChI is InChI=1S/C15H24N2/c1-12-6-7-13(2)15(10-12)17-9-5-4-8-16-14(3)11-17/h6-7,10,14,16H,4-5,8-9,11H2,1-3H3. The second-order valence-corrected chi connectivity index (χ2v) is 5.30. The first kappa shape index (κ1) is 12.4. The van der Waals surface area contributed by atoms with Gasteiger partial charge in [-0.2, -0.15) is 0 Å². The summed E-state index contributed by atoms with van der Waals surface area (Å²) in [5, 5.41) is 3.58. The van der Waals surface area contributed by atoms with Gasteiger partial charge in [0.15, 0.2) is 0 Å². The Kier molecular flexibility index (Phi) is 4.06. The number of anilines is 1. The van der Waals surface area contributed by atoms with Gasteiger partial charge in [0.25, 0.3) is 0 Å². The minimum absolute atomic E-state index is 0.579. The fraction of sp³-hybridized carbons (Fsp3) is 0.600. The van der Waals surface area contributed by atoms with Crippen LogP contribution in [0.2, 0.25) is 0 Å². The first-order chi connectivity index (χ1) is 8.16. The molecule has 94 valence electrons. The van der Waals surface area contributed by atoms with Crippen LogP contribution in [0.15, 0.2) is 18.2 Å². The van der Waals surface area contributed by atoms with Crippen molar-refractivity contribution >= 4 is 5.69 Å². The smallest absolute Gasteiger partial charge is 0.0399 e. The van der Waals surface area contributed by atoms with Crippen LogP contribution < -0.4 is 10.2 Å². The maximum absolute atomic E-state index is 3.58. The average molecular weight is 232 g/mol. The highest BCUT2D eigenvalue weighted by Crippen LogP contribution is 2.22. The Morgan fingerprint density at radius 3 is 2.88 bits per heavy atom. The number of rotatable bonds is 1. The molecule has 0 aliphatic carbocycles. The predicted octanol–water partition coefficient (Wildman–Crippen LogP) is 2.88. The Morgan fingerprint density at radius 1 is 1.24 bits per heavy atom. The molecule has 1 unspecified atom stereocenters. The third-order valence-corrected chi connectivity index (χ3v) is 3.55. The first-order valence-corrected chi connectivity index (χ1v) is 6.72. The fourth-order valence-electron chi connectivity index (χ4n) is 2.54. The van der Waals surface area contributed by atoms with E-state index in [2.05, 4.69) is 49.2 Å². The van der Waals surface area contributed by atoms with Crippen LogP contribution in [-0.2, 0) is 0 Å². The van der Waals surface area contributed by atoms with Crippen LogP contribution in [-0.4, -0.2) is 25.7 Å². The summed E-state index contributed by atoms with van der Waals surface area (Å²) < 4.78 is 0. The van der Waals surface area contributed by atoms with Gasteiger partial charge in [-0.05, 0) is 57.4 Å². The van der Waals surface area contributed by atoms with E-state index in [4.69, 9.17) is 0 Å². The number of hydrogen-bond donors (Lipinski definition) is 1. The van der Waals surface area contributed by atoms with Crippen molar-refractivity contribution in [3.63, 3.8) is 0 Å². The molecule has 1 aromatic carbocycles. The second kappa shape index (κ2) is 5.54. The molecule has 2 rings (SSSR count). The van der Waals surface area contributed by atoms with E-state index in [1.807, 2.05) is 0 Å². The van der Waals surface area contributed by atoms with E-state index in [1.165, 1.54) is 42.7 Å².